The van der Waals surface area contributed by atoms with Gasteiger partial charge >= 0.3 is 0 Å². The van der Waals surface area contributed by atoms with Gasteiger partial charge in [-0.05, 0) is 41.9 Å². The fraction of sp³-hybridized carbons (Fsp3) is 0.647. The molecule has 1 aromatic rings. The second kappa shape index (κ2) is 6.98. The van der Waals surface area contributed by atoms with Gasteiger partial charge in [-0.1, -0.05) is 33.8 Å². The summed E-state index contributed by atoms with van der Waals surface area (Å²) >= 11 is 0. The van der Waals surface area contributed by atoms with Gasteiger partial charge in [0.05, 0.1) is 14.2 Å². The van der Waals surface area contributed by atoms with E-state index in [0.29, 0.717) is 11.3 Å². The molecule has 2 N–H and O–H groups in total. The van der Waals surface area contributed by atoms with Gasteiger partial charge in [-0.2, -0.15) is 0 Å². The molecule has 0 saturated carbocycles. The minimum atomic E-state index is 0.0344. The van der Waals surface area contributed by atoms with Crippen molar-refractivity contribution in [3.8, 4) is 11.5 Å². The number of benzene rings is 1. The number of methoxy groups -OCH3 is 2. The molecule has 0 aliphatic rings. The van der Waals surface area contributed by atoms with E-state index in [0.717, 1.165) is 23.5 Å². The minimum Gasteiger partial charge on any atom is -0.493 e. The van der Waals surface area contributed by atoms with E-state index in [4.69, 9.17) is 15.2 Å². The van der Waals surface area contributed by atoms with Crippen LogP contribution in [0, 0.1) is 11.3 Å². The van der Waals surface area contributed by atoms with Crippen molar-refractivity contribution in [3.63, 3.8) is 0 Å². The largest absolute Gasteiger partial charge is 0.493 e. The van der Waals surface area contributed by atoms with E-state index in [9.17, 15) is 0 Å². The zero-order chi connectivity index (χ0) is 15.3. The molecule has 0 fully saturated rings. The second-order valence-corrected chi connectivity index (χ2v) is 6.83. The molecule has 0 radical (unpaired) electrons. The average Bonchev–Trinajstić information content (AvgIpc) is 2.35. The molecule has 1 rings (SSSR count). The Morgan fingerprint density at radius 2 is 1.70 bits per heavy atom. The molecule has 2 unspecified atom stereocenters. The molecule has 2 atom stereocenters. The highest BCUT2D eigenvalue weighted by molar-refractivity contribution is 5.43. The summed E-state index contributed by atoms with van der Waals surface area (Å²) in [4.78, 5) is 0. The van der Waals surface area contributed by atoms with Crippen LogP contribution in [0.25, 0.3) is 0 Å². The minimum absolute atomic E-state index is 0.0344. The number of nitrogens with two attached hydrogens (primary N) is 1. The lowest BCUT2D eigenvalue weighted by Gasteiger charge is -2.25. The van der Waals surface area contributed by atoms with Crippen LogP contribution in [0.1, 0.15) is 52.1 Å². The van der Waals surface area contributed by atoms with Crippen LogP contribution in [0.5, 0.6) is 11.5 Å². The third kappa shape index (κ3) is 5.04. The Bertz CT molecular complexity index is 423. The van der Waals surface area contributed by atoms with Gasteiger partial charge in [-0.15, -0.1) is 0 Å². The van der Waals surface area contributed by atoms with Crippen molar-refractivity contribution in [1.29, 1.82) is 0 Å². The maximum absolute atomic E-state index is 6.33. The molecule has 0 aliphatic carbocycles. The molecule has 0 bridgehead atoms. The van der Waals surface area contributed by atoms with Crippen molar-refractivity contribution in [2.75, 3.05) is 14.2 Å². The van der Waals surface area contributed by atoms with E-state index in [2.05, 4.69) is 27.7 Å². The number of hydrogen-bond acceptors (Lipinski definition) is 3. The molecule has 1 aromatic carbocycles. The van der Waals surface area contributed by atoms with E-state index in [1.165, 1.54) is 6.42 Å². The van der Waals surface area contributed by atoms with Crippen LogP contribution >= 0.6 is 0 Å². The Balaban J connectivity index is 2.74. The predicted molar refractivity (Wildman–Crippen MR) is 84.3 cm³/mol. The first-order chi connectivity index (χ1) is 9.26. The number of ether oxygens (including phenoxy) is 2. The molecule has 0 aromatic heterocycles. The summed E-state index contributed by atoms with van der Waals surface area (Å²) in [5, 5.41) is 0. The van der Waals surface area contributed by atoms with Crippen LogP contribution < -0.4 is 15.2 Å². The summed E-state index contributed by atoms with van der Waals surface area (Å²) in [6, 6.07) is 5.96. The molecule has 3 nitrogen and oxygen atoms in total. The Hall–Kier alpha value is -1.22. The summed E-state index contributed by atoms with van der Waals surface area (Å²) in [6.07, 6.45) is 2.15. The first-order valence-electron chi connectivity index (χ1n) is 7.24. The normalized spacial score (nSPS) is 14.8. The third-order valence-electron chi connectivity index (χ3n) is 3.45. The van der Waals surface area contributed by atoms with Crippen molar-refractivity contribution in [1.82, 2.24) is 0 Å². The first-order valence-corrected chi connectivity index (χ1v) is 7.24. The van der Waals surface area contributed by atoms with Crippen molar-refractivity contribution >= 4 is 0 Å². The molecule has 20 heavy (non-hydrogen) atoms. The summed E-state index contributed by atoms with van der Waals surface area (Å²) in [5.74, 6) is 2.08. The average molecular weight is 279 g/mol. The van der Waals surface area contributed by atoms with Gasteiger partial charge in [0, 0.05) is 6.04 Å². The molecule has 3 heteroatoms. The lowest BCUT2D eigenvalue weighted by atomic mass is 9.82. The monoisotopic (exact) mass is 279 g/mol. The van der Waals surface area contributed by atoms with Crippen LogP contribution in [-0.4, -0.2) is 14.2 Å². The van der Waals surface area contributed by atoms with Gasteiger partial charge in [0.1, 0.15) is 0 Å². The van der Waals surface area contributed by atoms with Gasteiger partial charge in [0.2, 0.25) is 0 Å². The molecule has 0 saturated heterocycles. The van der Waals surface area contributed by atoms with Crippen molar-refractivity contribution in [2.24, 2.45) is 17.1 Å². The highest BCUT2D eigenvalue weighted by Crippen LogP contribution is 2.33. The SMILES string of the molecule is COc1ccc(C(N)CC(C)CC(C)(C)C)cc1OC. The molecular formula is C17H29NO2. The molecule has 0 spiro atoms. The first kappa shape index (κ1) is 16.8. The van der Waals surface area contributed by atoms with Gasteiger partial charge in [0.25, 0.3) is 0 Å². The molecule has 0 heterocycles. The predicted octanol–water partition coefficient (Wildman–Crippen LogP) is 4.17. The van der Waals surface area contributed by atoms with Crippen molar-refractivity contribution < 1.29 is 9.47 Å². The van der Waals surface area contributed by atoms with E-state index in [1.807, 2.05) is 18.2 Å². The maximum atomic E-state index is 6.33. The summed E-state index contributed by atoms with van der Waals surface area (Å²) < 4.78 is 10.6. The highest BCUT2D eigenvalue weighted by atomic mass is 16.5. The Kier molecular flexibility index (Phi) is 5.88. The molecular weight excluding hydrogens is 250 g/mol. The summed E-state index contributed by atoms with van der Waals surface area (Å²) in [7, 11) is 3.29. The third-order valence-corrected chi connectivity index (χ3v) is 3.45. The fourth-order valence-electron chi connectivity index (χ4n) is 2.78. The van der Waals surface area contributed by atoms with Crippen LogP contribution in [0.15, 0.2) is 18.2 Å². The molecule has 0 amide bonds. The molecule has 114 valence electrons. The van der Waals surface area contributed by atoms with Crippen molar-refractivity contribution in [2.45, 2.75) is 46.6 Å². The lowest BCUT2D eigenvalue weighted by molar-refractivity contribution is 0.286. The maximum Gasteiger partial charge on any atom is 0.161 e. The van der Waals surface area contributed by atoms with Crippen LogP contribution in [0.4, 0.5) is 0 Å². The van der Waals surface area contributed by atoms with Crippen LogP contribution in [0.2, 0.25) is 0 Å². The van der Waals surface area contributed by atoms with Crippen molar-refractivity contribution in [3.05, 3.63) is 23.8 Å². The summed E-state index contributed by atoms with van der Waals surface area (Å²) in [6.45, 7) is 9.08. The van der Waals surface area contributed by atoms with Gasteiger partial charge in [0.15, 0.2) is 11.5 Å². The van der Waals surface area contributed by atoms with E-state index < -0.39 is 0 Å². The van der Waals surface area contributed by atoms with E-state index in [-0.39, 0.29) is 6.04 Å². The zero-order valence-electron chi connectivity index (χ0n) is 13.7. The van der Waals surface area contributed by atoms with E-state index in [1.54, 1.807) is 14.2 Å². The summed E-state index contributed by atoms with van der Waals surface area (Å²) in [5.41, 5.74) is 7.78. The number of hydrogen-bond donors (Lipinski definition) is 1. The lowest BCUT2D eigenvalue weighted by Crippen LogP contribution is -2.18. The smallest absolute Gasteiger partial charge is 0.161 e. The zero-order valence-corrected chi connectivity index (χ0v) is 13.7. The van der Waals surface area contributed by atoms with Crippen LogP contribution in [-0.2, 0) is 0 Å². The van der Waals surface area contributed by atoms with Gasteiger partial charge < -0.3 is 15.2 Å². The van der Waals surface area contributed by atoms with Gasteiger partial charge in [-0.3, -0.25) is 0 Å². The Morgan fingerprint density at radius 1 is 1.10 bits per heavy atom. The van der Waals surface area contributed by atoms with Gasteiger partial charge in [-0.25, -0.2) is 0 Å². The Morgan fingerprint density at radius 3 is 2.20 bits per heavy atom. The standard InChI is InChI=1S/C17H29NO2/c1-12(11-17(2,3)4)9-14(18)13-7-8-15(19-5)16(10-13)20-6/h7-8,10,12,14H,9,11,18H2,1-6H3. The Labute approximate surface area is 123 Å². The van der Waals surface area contributed by atoms with Crippen LogP contribution in [0.3, 0.4) is 0 Å². The number of rotatable bonds is 6. The topological polar surface area (TPSA) is 44.5 Å². The second-order valence-electron chi connectivity index (χ2n) is 6.83. The molecule has 0 aliphatic heterocycles. The fourth-order valence-corrected chi connectivity index (χ4v) is 2.78. The van der Waals surface area contributed by atoms with E-state index >= 15 is 0 Å². The highest BCUT2D eigenvalue weighted by Gasteiger charge is 2.19. The quantitative estimate of drug-likeness (QED) is 0.850.